The second-order valence-electron chi connectivity index (χ2n) is 5.45. The minimum absolute atomic E-state index is 0. The van der Waals surface area contributed by atoms with E-state index in [1.54, 1.807) is 24.5 Å². The van der Waals surface area contributed by atoms with E-state index in [-0.39, 0.29) is 29.6 Å². The number of rotatable bonds is 5. The van der Waals surface area contributed by atoms with Gasteiger partial charge in [-0.05, 0) is 23.8 Å². The van der Waals surface area contributed by atoms with Crippen LogP contribution in [0.15, 0.2) is 53.7 Å². The molecule has 0 saturated carbocycles. The number of hydrogen-bond donors (Lipinski definition) is 1. The zero-order chi connectivity index (χ0) is 17.9. The summed E-state index contributed by atoms with van der Waals surface area (Å²) >= 11 is 0. The van der Waals surface area contributed by atoms with Crippen LogP contribution in [0.1, 0.15) is 11.6 Å². The molecule has 0 amide bonds. The SMILES string of the molecule is Cl.O=S(=O)(c1ccccc1OC(F)F)N1CCNCC1c1cccnc1. The number of halogens is 3. The summed E-state index contributed by atoms with van der Waals surface area (Å²) in [5.41, 5.74) is 0.727. The Kier molecular flexibility index (Phi) is 6.87. The Morgan fingerprint density at radius 2 is 2.00 bits per heavy atom. The summed E-state index contributed by atoms with van der Waals surface area (Å²) in [5, 5.41) is 3.15. The third-order valence-corrected chi connectivity index (χ3v) is 5.86. The number of nitrogens with one attached hydrogen (secondary N) is 1. The summed E-state index contributed by atoms with van der Waals surface area (Å²) in [7, 11) is -4.03. The highest BCUT2D eigenvalue weighted by molar-refractivity contribution is 7.89. The third-order valence-electron chi connectivity index (χ3n) is 3.92. The average molecular weight is 406 g/mol. The first kappa shape index (κ1) is 20.5. The second-order valence-corrected chi connectivity index (χ2v) is 7.31. The zero-order valence-electron chi connectivity index (χ0n) is 13.6. The Balaban J connectivity index is 0.00000243. The van der Waals surface area contributed by atoms with Gasteiger partial charge in [-0.2, -0.15) is 13.1 Å². The number of ether oxygens (including phenoxy) is 1. The van der Waals surface area contributed by atoms with Crippen molar-refractivity contribution in [3.63, 3.8) is 0 Å². The van der Waals surface area contributed by atoms with E-state index >= 15 is 0 Å². The smallest absolute Gasteiger partial charge is 0.387 e. The molecule has 6 nitrogen and oxygen atoms in total. The van der Waals surface area contributed by atoms with Crippen molar-refractivity contribution in [1.29, 1.82) is 0 Å². The number of sulfonamides is 1. The molecule has 3 rings (SSSR count). The van der Waals surface area contributed by atoms with Crippen LogP contribution in [0.2, 0.25) is 0 Å². The standard InChI is InChI=1S/C16H17F2N3O3S.ClH/c17-16(18)24-14-5-1-2-6-15(14)25(22,23)21-9-8-20-11-13(21)12-4-3-7-19-10-12;/h1-7,10,13,16,20H,8-9,11H2;1H. The molecule has 1 N–H and O–H groups in total. The number of alkyl halides is 2. The van der Waals surface area contributed by atoms with Crippen LogP contribution in [-0.2, 0) is 10.0 Å². The van der Waals surface area contributed by atoms with Crippen molar-refractivity contribution in [1.82, 2.24) is 14.6 Å². The average Bonchev–Trinajstić information content (AvgIpc) is 2.62. The number of pyridine rings is 1. The van der Waals surface area contributed by atoms with Gasteiger partial charge in [-0.3, -0.25) is 4.98 Å². The van der Waals surface area contributed by atoms with E-state index < -0.39 is 22.7 Å². The van der Waals surface area contributed by atoms with Crippen molar-refractivity contribution >= 4 is 22.4 Å². The van der Waals surface area contributed by atoms with Crippen LogP contribution < -0.4 is 10.1 Å². The van der Waals surface area contributed by atoms with Gasteiger partial charge in [0.15, 0.2) is 0 Å². The highest BCUT2D eigenvalue weighted by atomic mass is 35.5. The molecule has 1 aliphatic rings. The molecule has 1 atom stereocenters. The van der Waals surface area contributed by atoms with E-state index in [4.69, 9.17) is 0 Å². The number of aromatic nitrogens is 1. The first-order chi connectivity index (χ1) is 12.0. The maximum Gasteiger partial charge on any atom is 0.387 e. The van der Waals surface area contributed by atoms with Crippen molar-refractivity contribution in [2.75, 3.05) is 19.6 Å². The molecule has 1 aliphatic heterocycles. The first-order valence-corrected chi connectivity index (χ1v) is 9.10. The molecule has 142 valence electrons. The van der Waals surface area contributed by atoms with Crippen molar-refractivity contribution in [3.05, 3.63) is 54.4 Å². The minimum Gasteiger partial charge on any atom is -0.433 e. The maximum atomic E-state index is 13.1. The third kappa shape index (κ3) is 4.29. The molecule has 1 fully saturated rings. The van der Waals surface area contributed by atoms with Gasteiger partial charge in [0.1, 0.15) is 10.6 Å². The fourth-order valence-corrected chi connectivity index (χ4v) is 4.55. The molecule has 1 aromatic heterocycles. The minimum atomic E-state index is -4.03. The summed E-state index contributed by atoms with van der Waals surface area (Å²) in [6, 6.07) is 8.46. The molecule has 0 spiro atoms. The van der Waals surface area contributed by atoms with Crippen molar-refractivity contribution in [2.45, 2.75) is 17.5 Å². The molecule has 1 unspecified atom stereocenters. The van der Waals surface area contributed by atoms with E-state index in [0.29, 0.717) is 13.1 Å². The lowest BCUT2D eigenvalue weighted by atomic mass is 10.1. The van der Waals surface area contributed by atoms with Crippen LogP contribution >= 0.6 is 12.4 Å². The highest BCUT2D eigenvalue weighted by Gasteiger charge is 2.36. The number of hydrogen-bond acceptors (Lipinski definition) is 5. The normalized spacial score (nSPS) is 18.3. The number of benzene rings is 1. The van der Waals surface area contributed by atoms with Crippen LogP contribution in [0.25, 0.3) is 0 Å². The maximum absolute atomic E-state index is 13.1. The topological polar surface area (TPSA) is 71.5 Å². The van der Waals surface area contributed by atoms with Gasteiger partial charge in [0.05, 0.1) is 6.04 Å². The lowest BCUT2D eigenvalue weighted by Gasteiger charge is -2.35. The Morgan fingerprint density at radius 3 is 2.69 bits per heavy atom. The molecule has 2 heterocycles. The van der Waals surface area contributed by atoms with Gasteiger partial charge >= 0.3 is 6.61 Å². The van der Waals surface area contributed by atoms with Crippen LogP contribution in [-0.4, -0.2) is 44.0 Å². The Morgan fingerprint density at radius 1 is 1.23 bits per heavy atom. The largest absolute Gasteiger partial charge is 0.433 e. The molecule has 2 aromatic rings. The molecule has 0 aliphatic carbocycles. The van der Waals surface area contributed by atoms with Gasteiger partial charge in [0.25, 0.3) is 0 Å². The van der Waals surface area contributed by atoms with Crippen molar-refractivity contribution < 1.29 is 21.9 Å². The summed E-state index contributed by atoms with van der Waals surface area (Å²) < 4.78 is 57.2. The molecular weight excluding hydrogens is 388 g/mol. The van der Waals surface area contributed by atoms with E-state index in [1.165, 1.54) is 28.6 Å². The number of piperazine rings is 1. The molecule has 0 radical (unpaired) electrons. The number of nitrogens with zero attached hydrogens (tertiary/aromatic N) is 2. The molecule has 1 saturated heterocycles. The van der Waals surface area contributed by atoms with Gasteiger partial charge in [-0.15, -0.1) is 12.4 Å². The summed E-state index contributed by atoms with van der Waals surface area (Å²) in [5.74, 6) is -0.360. The molecule has 1 aromatic carbocycles. The zero-order valence-corrected chi connectivity index (χ0v) is 15.2. The van der Waals surface area contributed by atoms with Crippen LogP contribution in [0, 0.1) is 0 Å². The molecule has 0 bridgehead atoms. The summed E-state index contributed by atoms with van der Waals surface area (Å²) in [6.07, 6.45) is 3.20. The van der Waals surface area contributed by atoms with E-state index in [1.807, 2.05) is 0 Å². The quantitative estimate of drug-likeness (QED) is 0.827. The van der Waals surface area contributed by atoms with E-state index in [0.717, 1.165) is 5.56 Å². The highest BCUT2D eigenvalue weighted by Crippen LogP contribution is 2.33. The Bertz CT molecular complexity index is 824. The van der Waals surface area contributed by atoms with Gasteiger partial charge in [-0.25, -0.2) is 8.42 Å². The Labute approximate surface area is 156 Å². The predicted molar refractivity (Wildman–Crippen MR) is 94.1 cm³/mol. The number of para-hydroxylation sites is 1. The van der Waals surface area contributed by atoms with Crippen LogP contribution in [0.5, 0.6) is 5.75 Å². The van der Waals surface area contributed by atoms with Gasteiger partial charge in [0.2, 0.25) is 10.0 Å². The van der Waals surface area contributed by atoms with Crippen LogP contribution in [0.3, 0.4) is 0 Å². The fraction of sp³-hybridized carbons (Fsp3) is 0.312. The van der Waals surface area contributed by atoms with E-state index in [9.17, 15) is 17.2 Å². The van der Waals surface area contributed by atoms with E-state index in [2.05, 4.69) is 15.0 Å². The second kappa shape index (κ2) is 8.72. The monoisotopic (exact) mass is 405 g/mol. The lowest BCUT2D eigenvalue weighted by molar-refractivity contribution is -0.0518. The molecule has 26 heavy (non-hydrogen) atoms. The molecular formula is C16H18ClF2N3O3S. The van der Waals surface area contributed by atoms with Gasteiger partial charge in [-0.1, -0.05) is 18.2 Å². The summed E-state index contributed by atoms with van der Waals surface area (Å²) in [6.45, 7) is -2.02. The Hall–Kier alpha value is -1.81. The van der Waals surface area contributed by atoms with Gasteiger partial charge < -0.3 is 10.1 Å². The summed E-state index contributed by atoms with van der Waals surface area (Å²) in [4.78, 5) is 3.76. The van der Waals surface area contributed by atoms with Crippen molar-refractivity contribution in [3.8, 4) is 5.75 Å². The fourth-order valence-electron chi connectivity index (χ4n) is 2.81. The van der Waals surface area contributed by atoms with Crippen molar-refractivity contribution in [2.24, 2.45) is 0 Å². The molecule has 10 heteroatoms. The first-order valence-electron chi connectivity index (χ1n) is 7.66. The van der Waals surface area contributed by atoms with Crippen LogP contribution in [0.4, 0.5) is 8.78 Å². The van der Waals surface area contributed by atoms with Gasteiger partial charge in [0, 0.05) is 32.0 Å². The predicted octanol–water partition coefficient (Wildman–Crippen LogP) is 2.44. The lowest BCUT2D eigenvalue weighted by Crippen LogP contribution is -2.48.